The SMILES string of the molecule is [NH]CCCCCCCCCCC(=O)O. The normalized spacial score (nSPS) is 10.4. The Bertz CT molecular complexity index is 137. The molecule has 0 aromatic carbocycles. The Morgan fingerprint density at radius 1 is 0.857 bits per heavy atom. The molecular weight excluding hydrogens is 178 g/mol. The Balaban J connectivity index is 2.88. The predicted octanol–water partition coefficient (Wildman–Crippen LogP) is 2.86. The number of rotatable bonds is 10. The molecule has 1 radical (unpaired) electrons. The number of unbranched alkanes of at least 4 members (excludes halogenated alkanes) is 7. The molecule has 0 fully saturated rings. The second kappa shape index (κ2) is 10.5. The quantitative estimate of drug-likeness (QED) is 0.551. The molecule has 0 unspecified atom stereocenters. The van der Waals surface area contributed by atoms with Crippen molar-refractivity contribution in [2.75, 3.05) is 6.54 Å². The Kier molecular flexibility index (Phi) is 10.1. The molecule has 3 nitrogen and oxygen atoms in total. The van der Waals surface area contributed by atoms with Gasteiger partial charge in [0, 0.05) is 13.0 Å². The Labute approximate surface area is 86.7 Å². The fourth-order valence-electron chi connectivity index (χ4n) is 1.46. The molecule has 0 aromatic heterocycles. The van der Waals surface area contributed by atoms with Crippen LogP contribution in [0.2, 0.25) is 0 Å². The van der Waals surface area contributed by atoms with Crippen LogP contribution in [-0.4, -0.2) is 17.6 Å². The standard InChI is InChI=1S/C11H22NO2/c12-10-8-6-4-2-1-3-5-7-9-11(13)14/h12H,1-10H2,(H,13,14). The molecule has 0 atom stereocenters. The highest BCUT2D eigenvalue weighted by molar-refractivity contribution is 5.66. The van der Waals surface area contributed by atoms with Crippen LogP contribution in [0.1, 0.15) is 57.8 Å². The van der Waals surface area contributed by atoms with Crippen LogP contribution in [0, 0.1) is 0 Å². The summed E-state index contributed by atoms with van der Waals surface area (Å²) in [6.45, 7) is 0.554. The zero-order valence-electron chi connectivity index (χ0n) is 8.93. The van der Waals surface area contributed by atoms with Crippen LogP contribution in [0.25, 0.3) is 0 Å². The Morgan fingerprint density at radius 2 is 1.29 bits per heavy atom. The molecule has 0 aliphatic carbocycles. The molecule has 2 N–H and O–H groups in total. The molecule has 0 aliphatic rings. The van der Waals surface area contributed by atoms with Crippen LogP contribution in [0.3, 0.4) is 0 Å². The first kappa shape index (κ1) is 13.4. The summed E-state index contributed by atoms with van der Waals surface area (Å²) < 4.78 is 0. The van der Waals surface area contributed by atoms with E-state index in [0.717, 1.165) is 25.7 Å². The molecule has 0 saturated heterocycles. The molecule has 0 amide bonds. The van der Waals surface area contributed by atoms with Crippen LogP contribution in [0.4, 0.5) is 0 Å². The van der Waals surface area contributed by atoms with Crippen molar-refractivity contribution in [2.45, 2.75) is 57.8 Å². The van der Waals surface area contributed by atoms with Gasteiger partial charge in [-0.25, -0.2) is 0 Å². The summed E-state index contributed by atoms with van der Waals surface area (Å²) in [6.07, 6.45) is 9.25. The molecule has 0 heterocycles. The number of nitrogens with one attached hydrogen (secondary N) is 1. The zero-order valence-corrected chi connectivity index (χ0v) is 8.93. The zero-order chi connectivity index (χ0) is 10.6. The van der Waals surface area contributed by atoms with Gasteiger partial charge in [0.1, 0.15) is 0 Å². The number of hydrogen-bond acceptors (Lipinski definition) is 1. The third-order valence-electron chi connectivity index (χ3n) is 2.32. The summed E-state index contributed by atoms with van der Waals surface area (Å²) in [4.78, 5) is 10.2. The molecule has 0 aromatic rings. The highest BCUT2D eigenvalue weighted by Crippen LogP contribution is 2.09. The van der Waals surface area contributed by atoms with Gasteiger partial charge in [0.2, 0.25) is 0 Å². The maximum atomic E-state index is 10.2. The van der Waals surface area contributed by atoms with Crippen LogP contribution in [0.15, 0.2) is 0 Å². The molecule has 0 saturated carbocycles. The third kappa shape index (κ3) is 11.4. The monoisotopic (exact) mass is 200 g/mol. The first-order valence-corrected chi connectivity index (χ1v) is 5.63. The number of carboxylic acids is 1. The minimum absolute atomic E-state index is 0.318. The van der Waals surface area contributed by atoms with E-state index in [0.29, 0.717) is 13.0 Å². The summed E-state index contributed by atoms with van der Waals surface area (Å²) in [5.74, 6) is -0.680. The van der Waals surface area contributed by atoms with E-state index >= 15 is 0 Å². The summed E-state index contributed by atoms with van der Waals surface area (Å²) in [7, 11) is 0. The van der Waals surface area contributed by atoms with Crippen molar-refractivity contribution >= 4 is 5.97 Å². The number of carboxylic acid groups (broad SMARTS) is 1. The van der Waals surface area contributed by atoms with E-state index in [1.54, 1.807) is 0 Å². The van der Waals surface area contributed by atoms with E-state index in [-0.39, 0.29) is 0 Å². The van der Waals surface area contributed by atoms with Gasteiger partial charge in [0.25, 0.3) is 0 Å². The molecule has 0 spiro atoms. The van der Waals surface area contributed by atoms with Crippen molar-refractivity contribution in [2.24, 2.45) is 0 Å². The van der Waals surface area contributed by atoms with E-state index in [2.05, 4.69) is 0 Å². The van der Waals surface area contributed by atoms with Crippen LogP contribution in [0.5, 0.6) is 0 Å². The lowest BCUT2D eigenvalue weighted by Gasteiger charge is -2.00. The van der Waals surface area contributed by atoms with Crippen LogP contribution in [-0.2, 0) is 4.79 Å². The number of aliphatic carboxylic acids is 1. The van der Waals surface area contributed by atoms with E-state index < -0.39 is 5.97 Å². The number of carbonyl (C=O) groups is 1. The van der Waals surface area contributed by atoms with Crippen molar-refractivity contribution in [3.8, 4) is 0 Å². The predicted molar refractivity (Wildman–Crippen MR) is 57.2 cm³/mol. The topological polar surface area (TPSA) is 61.1 Å². The van der Waals surface area contributed by atoms with Gasteiger partial charge < -0.3 is 5.11 Å². The molecule has 0 aliphatic heterocycles. The van der Waals surface area contributed by atoms with Gasteiger partial charge in [-0.1, -0.05) is 38.5 Å². The summed E-state index contributed by atoms with van der Waals surface area (Å²) in [5.41, 5.74) is 6.96. The third-order valence-corrected chi connectivity index (χ3v) is 2.32. The van der Waals surface area contributed by atoms with Crippen molar-refractivity contribution in [1.29, 1.82) is 0 Å². The Hall–Kier alpha value is -0.570. The van der Waals surface area contributed by atoms with Crippen LogP contribution < -0.4 is 5.73 Å². The van der Waals surface area contributed by atoms with Gasteiger partial charge in [-0.2, -0.15) is 0 Å². The van der Waals surface area contributed by atoms with Crippen molar-refractivity contribution < 1.29 is 9.90 Å². The van der Waals surface area contributed by atoms with Crippen LogP contribution >= 0.6 is 0 Å². The van der Waals surface area contributed by atoms with Gasteiger partial charge in [0.05, 0.1) is 0 Å². The largest absolute Gasteiger partial charge is 0.481 e. The number of hydrogen-bond donors (Lipinski definition) is 1. The molecule has 3 heteroatoms. The molecule has 83 valence electrons. The van der Waals surface area contributed by atoms with Gasteiger partial charge >= 0.3 is 5.97 Å². The summed E-state index contributed by atoms with van der Waals surface area (Å²) in [6, 6.07) is 0. The van der Waals surface area contributed by atoms with E-state index in [9.17, 15) is 4.79 Å². The molecule has 14 heavy (non-hydrogen) atoms. The van der Waals surface area contributed by atoms with Gasteiger partial charge in [0.15, 0.2) is 0 Å². The highest BCUT2D eigenvalue weighted by atomic mass is 16.4. The van der Waals surface area contributed by atoms with Gasteiger partial charge in [-0.15, -0.1) is 0 Å². The fraction of sp³-hybridized carbons (Fsp3) is 0.909. The second-order valence-corrected chi connectivity index (χ2v) is 3.72. The van der Waals surface area contributed by atoms with Gasteiger partial charge in [-0.3, -0.25) is 10.5 Å². The maximum absolute atomic E-state index is 10.2. The first-order valence-electron chi connectivity index (χ1n) is 5.63. The first-order chi connectivity index (χ1) is 6.77. The molecule has 0 rings (SSSR count). The van der Waals surface area contributed by atoms with E-state index in [1.807, 2.05) is 0 Å². The average Bonchev–Trinajstić information content (AvgIpc) is 2.15. The lowest BCUT2D eigenvalue weighted by atomic mass is 10.1. The Morgan fingerprint density at radius 3 is 1.71 bits per heavy atom. The van der Waals surface area contributed by atoms with Crippen molar-refractivity contribution in [3.63, 3.8) is 0 Å². The minimum atomic E-state index is -0.680. The smallest absolute Gasteiger partial charge is 0.303 e. The highest BCUT2D eigenvalue weighted by Gasteiger charge is 1.96. The van der Waals surface area contributed by atoms with Gasteiger partial charge in [-0.05, 0) is 12.8 Å². The van der Waals surface area contributed by atoms with E-state index in [1.165, 1.54) is 25.7 Å². The average molecular weight is 200 g/mol. The van der Waals surface area contributed by atoms with Crippen molar-refractivity contribution in [1.82, 2.24) is 5.73 Å². The maximum Gasteiger partial charge on any atom is 0.303 e. The van der Waals surface area contributed by atoms with E-state index in [4.69, 9.17) is 10.8 Å². The molecule has 0 bridgehead atoms. The molecular formula is C11H22NO2. The van der Waals surface area contributed by atoms with Crippen molar-refractivity contribution in [3.05, 3.63) is 0 Å². The lowest BCUT2D eigenvalue weighted by molar-refractivity contribution is -0.137. The fourth-order valence-corrected chi connectivity index (χ4v) is 1.46. The second-order valence-electron chi connectivity index (χ2n) is 3.72. The summed E-state index contributed by atoms with van der Waals surface area (Å²) >= 11 is 0. The lowest BCUT2D eigenvalue weighted by Crippen LogP contribution is -1.93. The minimum Gasteiger partial charge on any atom is -0.481 e. The summed E-state index contributed by atoms with van der Waals surface area (Å²) in [5, 5.41) is 8.40.